The molecule has 0 N–H and O–H groups in total. The minimum Gasteiger partial charge on any atom is -0.369 e. The normalized spacial score (nSPS) is 17.8. The molecule has 1 aliphatic heterocycles. The highest BCUT2D eigenvalue weighted by Crippen LogP contribution is 2.14. The van der Waals surface area contributed by atoms with Crippen molar-refractivity contribution >= 4 is 11.3 Å². The van der Waals surface area contributed by atoms with Crippen LogP contribution >= 0.6 is 11.3 Å². The maximum atomic E-state index is 5.03. The predicted octanol–water partition coefficient (Wildman–Crippen LogP) is 2.43. The summed E-state index contributed by atoms with van der Waals surface area (Å²) in [6, 6.07) is 4.00. The molecule has 0 aromatic carbocycles. The number of thiophene rings is 1. The Kier molecular flexibility index (Phi) is 3.25. The van der Waals surface area contributed by atoms with Crippen molar-refractivity contribution in [2.45, 2.75) is 13.0 Å². The maximum Gasteiger partial charge on any atom is 0.1000 e. The van der Waals surface area contributed by atoms with E-state index in [-0.39, 0.29) is 0 Å². The zero-order valence-corrected chi connectivity index (χ0v) is 9.23. The van der Waals surface area contributed by atoms with E-state index in [9.17, 15) is 0 Å². The number of allylic oxidation sites excluding steroid dienone is 1. The van der Waals surface area contributed by atoms with Crippen LogP contribution in [-0.4, -0.2) is 12.7 Å². The Hall–Kier alpha value is -1.48. The number of hydrogen-bond acceptors (Lipinski definition) is 2. The van der Waals surface area contributed by atoms with E-state index in [0.717, 1.165) is 16.4 Å². The lowest BCUT2D eigenvalue weighted by Gasteiger charge is -1.75. The molecular weight excluding hydrogens is 204 g/mol. The van der Waals surface area contributed by atoms with Crippen molar-refractivity contribution in [3.63, 3.8) is 0 Å². The van der Waals surface area contributed by atoms with Crippen molar-refractivity contribution in [2.75, 3.05) is 6.61 Å². The van der Waals surface area contributed by atoms with Crippen LogP contribution in [0, 0.1) is 23.7 Å². The van der Waals surface area contributed by atoms with Crippen LogP contribution in [0.15, 0.2) is 24.3 Å². The van der Waals surface area contributed by atoms with Crippen molar-refractivity contribution in [1.82, 2.24) is 0 Å². The molecular formula is C13H10OS. The molecule has 0 radical (unpaired) electrons. The van der Waals surface area contributed by atoms with E-state index >= 15 is 0 Å². The van der Waals surface area contributed by atoms with Crippen molar-refractivity contribution < 1.29 is 4.74 Å². The Balaban J connectivity index is 1.98. The Morgan fingerprint density at radius 2 is 2.13 bits per heavy atom. The summed E-state index contributed by atoms with van der Waals surface area (Å²) in [6.07, 6.45) is 4.14. The van der Waals surface area contributed by atoms with Gasteiger partial charge in [-0.2, -0.15) is 0 Å². The van der Waals surface area contributed by atoms with Gasteiger partial charge in [0.2, 0.25) is 0 Å². The topological polar surface area (TPSA) is 12.5 Å². The summed E-state index contributed by atoms with van der Waals surface area (Å²) in [4.78, 5) is 2.12. The van der Waals surface area contributed by atoms with Gasteiger partial charge < -0.3 is 4.74 Å². The summed E-state index contributed by atoms with van der Waals surface area (Å²) in [5.41, 5.74) is 0. The zero-order chi connectivity index (χ0) is 10.5. The molecule has 15 heavy (non-hydrogen) atoms. The lowest BCUT2D eigenvalue weighted by atomic mass is 10.4. The standard InChI is InChI=1S/C13H10OS/c1-2-5-12-8-9-13(15-12)7-4-3-6-11-10-14-11/h3,6,8-9,11H,10H2,1H3/t11-/m0/s1. The molecule has 1 atom stereocenters. The SMILES string of the molecule is CC#Cc1ccc(C#CC=C[C@H]2CO2)s1. The molecule has 1 aromatic rings. The molecule has 2 heterocycles. The minimum absolute atomic E-state index is 0.309. The van der Waals surface area contributed by atoms with Crippen LogP contribution in [0.2, 0.25) is 0 Å². The zero-order valence-electron chi connectivity index (χ0n) is 8.41. The lowest BCUT2D eigenvalue weighted by molar-refractivity contribution is 0.440. The summed E-state index contributed by atoms with van der Waals surface area (Å²) in [5, 5.41) is 0. The Morgan fingerprint density at radius 3 is 2.80 bits per heavy atom. The molecule has 0 saturated carbocycles. The fraction of sp³-hybridized carbons (Fsp3) is 0.231. The van der Waals surface area contributed by atoms with E-state index in [0.29, 0.717) is 6.10 Å². The van der Waals surface area contributed by atoms with Crippen LogP contribution < -0.4 is 0 Å². The van der Waals surface area contributed by atoms with E-state index < -0.39 is 0 Å². The quantitative estimate of drug-likeness (QED) is 0.516. The van der Waals surface area contributed by atoms with E-state index in [1.165, 1.54) is 0 Å². The number of ether oxygens (including phenoxy) is 1. The first-order valence-corrected chi connectivity index (χ1v) is 5.52. The summed E-state index contributed by atoms with van der Waals surface area (Å²) in [5.74, 6) is 11.9. The van der Waals surface area contributed by atoms with Gasteiger partial charge in [0.25, 0.3) is 0 Å². The van der Waals surface area contributed by atoms with Gasteiger partial charge in [0, 0.05) is 0 Å². The summed E-state index contributed by atoms with van der Waals surface area (Å²) < 4.78 is 5.03. The van der Waals surface area contributed by atoms with Gasteiger partial charge in [-0.25, -0.2) is 0 Å². The molecule has 0 aliphatic carbocycles. The molecule has 74 valence electrons. The Bertz CT molecular complexity index is 484. The second-order valence-electron chi connectivity index (χ2n) is 3.04. The third kappa shape index (κ3) is 3.29. The molecule has 2 heteroatoms. The smallest absolute Gasteiger partial charge is 0.1000 e. The Labute approximate surface area is 93.8 Å². The van der Waals surface area contributed by atoms with Gasteiger partial charge in [-0.3, -0.25) is 0 Å². The molecule has 0 spiro atoms. The van der Waals surface area contributed by atoms with E-state index in [4.69, 9.17) is 4.74 Å². The second kappa shape index (κ2) is 4.84. The van der Waals surface area contributed by atoms with Gasteiger partial charge in [0.1, 0.15) is 0 Å². The van der Waals surface area contributed by atoms with Crippen molar-refractivity contribution in [3.05, 3.63) is 34.0 Å². The first-order chi connectivity index (χ1) is 7.38. The van der Waals surface area contributed by atoms with Crippen LogP contribution in [0.1, 0.15) is 16.7 Å². The summed E-state index contributed by atoms with van der Waals surface area (Å²) in [7, 11) is 0. The first kappa shape index (κ1) is 10.1. The highest BCUT2D eigenvalue weighted by molar-refractivity contribution is 7.13. The first-order valence-electron chi connectivity index (χ1n) is 4.71. The third-order valence-corrected chi connectivity index (χ3v) is 2.72. The van der Waals surface area contributed by atoms with Crippen LogP contribution in [0.3, 0.4) is 0 Å². The van der Waals surface area contributed by atoms with Gasteiger partial charge in [0.05, 0.1) is 22.5 Å². The van der Waals surface area contributed by atoms with Gasteiger partial charge in [-0.15, -0.1) is 17.3 Å². The van der Waals surface area contributed by atoms with Gasteiger partial charge in [-0.1, -0.05) is 17.8 Å². The average Bonchev–Trinajstić information content (AvgIpc) is 2.95. The number of rotatable bonds is 1. The van der Waals surface area contributed by atoms with E-state index in [1.807, 2.05) is 31.2 Å². The molecule has 0 bridgehead atoms. The highest BCUT2D eigenvalue weighted by Gasteiger charge is 2.17. The van der Waals surface area contributed by atoms with Crippen molar-refractivity contribution in [3.8, 4) is 23.7 Å². The predicted molar refractivity (Wildman–Crippen MR) is 62.6 cm³/mol. The number of epoxide rings is 1. The molecule has 1 nitrogen and oxygen atoms in total. The summed E-state index contributed by atoms with van der Waals surface area (Å²) in [6.45, 7) is 2.68. The highest BCUT2D eigenvalue weighted by atomic mass is 32.1. The van der Waals surface area contributed by atoms with Gasteiger partial charge >= 0.3 is 0 Å². The maximum absolute atomic E-state index is 5.03. The molecule has 1 fully saturated rings. The molecule has 1 aromatic heterocycles. The van der Waals surface area contributed by atoms with E-state index in [1.54, 1.807) is 11.3 Å². The van der Waals surface area contributed by atoms with Gasteiger partial charge in [0.15, 0.2) is 0 Å². The fourth-order valence-electron chi connectivity index (χ4n) is 1.03. The molecule has 1 aliphatic rings. The third-order valence-electron chi connectivity index (χ3n) is 1.80. The molecule has 2 rings (SSSR count). The lowest BCUT2D eigenvalue weighted by Crippen LogP contribution is -1.70. The fourth-order valence-corrected chi connectivity index (χ4v) is 1.80. The molecule has 0 amide bonds. The molecule has 1 saturated heterocycles. The van der Waals surface area contributed by atoms with Crippen molar-refractivity contribution in [1.29, 1.82) is 0 Å². The minimum atomic E-state index is 0.309. The Morgan fingerprint density at radius 1 is 1.40 bits per heavy atom. The van der Waals surface area contributed by atoms with Crippen LogP contribution in [0.25, 0.3) is 0 Å². The largest absolute Gasteiger partial charge is 0.369 e. The van der Waals surface area contributed by atoms with Crippen LogP contribution in [0.4, 0.5) is 0 Å². The second-order valence-corrected chi connectivity index (χ2v) is 4.12. The van der Waals surface area contributed by atoms with Crippen LogP contribution in [0.5, 0.6) is 0 Å². The number of hydrogen-bond donors (Lipinski definition) is 0. The van der Waals surface area contributed by atoms with E-state index in [2.05, 4.69) is 23.7 Å². The van der Waals surface area contributed by atoms with Crippen LogP contribution in [-0.2, 0) is 4.74 Å². The molecule has 0 unspecified atom stereocenters. The van der Waals surface area contributed by atoms with Crippen molar-refractivity contribution in [2.24, 2.45) is 0 Å². The average molecular weight is 214 g/mol. The monoisotopic (exact) mass is 214 g/mol. The van der Waals surface area contributed by atoms with Gasteiger partial charge in [-0.05, 0) is 31.2 Å². The summed E-state index contributed by atoms with van der Waals surface area (Å²) >= 11 is 1.62.